The van der Waals surface area contributed by atoms with Crippen LogP contribution in [0, 0.1) is 23.7 Å². The number of carbonyl (C=O) groups is 2. The largest absolute Gasteiger partial charge is 0.350 e. The normalized spacial score (nSPS) is 22.3. The molecule has 196 valence electrons. The number of benzene rings is 1. The smallest absolute Gasteiger partial charge is 0.270 e. The third-order valence-electron chi connectivity index (χ3n) is 8.03. The van der Waals surface area contributed by atoms with Crippen LogP contribution in [-0.2, 0) is 17.8 Å². The zero-order chi connectivity index (χ0) is 25.7. The summed E-state index contributed by atoms with van der Waals surface area (Å²) >= 11 is 0. The van der Waals surface area contributed by atoms with E-state index in [2.05, 4.69) is 20.7 Å². The number of H-pyrrole nitrogens is 1. The maximum atomic E-state index is 13.9. The molecule has 2 amide bonds. The van der Waals surface area contributed by atoms with Gasteiger partial charge in [-0.2, -0.15) is 5.10 Å². The highest BCUT2D eigenvalue weighted by molar-refractivity contribution is 5.92. The second-order valence-corrected chi connectivity index (χ2v) is 10.9. The fourth-order valence-electron chi connectivity index (χ4n) is 5.92. The van der Waals surface area contributed by atoms with Crippen molar-refractivity contribution in [1.82, 2.24) is 30.4 Å². The average molecular weight is 511 g/mol. The van der Waals surface area contributed by atoms with E-state index in [1.54, 1.807) is 16.9 Å². The van der Waals surface area contributed by atoms with E-state index in [0.29, 0.717) is 35.8 Å². The van der Waals surface area contributed by atoms with Crippen molar-refractivity contribution in [2.24, 2.45) is 23.7 Å². The Labute approximate surface area is 213 Å². The van der Waals surface area contributed by atoms with Crippen LogP contribution in [0.15, 0.2) is 30.5 Å². The number of hydrogen-bond donors (Lipinski definition) is 3. The van der Waals surface area contributed by atoms with Crippen molar-refractivity contribution in [1.29, 1.82) is 0 Å². The van der Waals surface area contributed by atoms with Gasteiger partial charge in [0.1, 0.15) is 11.5 Å². The molecule has 0 bridgehead atoms. The molecule has 3 N–H and O–H groups in total. The summed E-state index contributed by atoms with van der Waals surface area (Å²) in [6.45, 7) is 1.96. The molecule has 10 heteroatoms. The van der Waals surface area contributed by atoms with Gasteiger partial charge in [-0.05, 0) is 80.5 Å². The summed E-state index contributed by atoms with van der Waals surface area (Å²) in [5.41, 5.74) is 2.85. The lowest BCUT2D eigenvalue weighted by Crippen LogP contribution is -2.48. The Morgan fingerprint density at radius 1 is 1.22 bits per heavy atom. The number of aromatic amines is 1. The van der Waals surface area contributed by atoms with Gasteiger partial charge in [-0.1, -0.05) is 6.07 Å². The van der Waals surface area contributed by atoms with E-state index >= 15 is 0 Å². The third-order valence-corrected chi connectivity index (χ3v) is 8.03. The quantitative estimate of drug-likeness (QED) is 0.405. The molecular weight excluding hydrogens is 478 g/mol. The second-order valence-electron chi connectivity index (χ2n) is 10.9. The van der Waals surface area contributed by atoms with Gasteiger partial charge in [0.25, 0.3) is 11.8 Å². The van der Waals surface area contributed by atoms with Crippen LogP contribution in [0.4, 0.5) is 8.78 Å². The lowest BCUT2D eigenvalue weighted by molar-refractivity contribution is -0.136. The van der Waals surface area contributed by atoms with Gasteiger partial charge in [0.15, 0.2) is 0 Å². The molecule has 1 aliphatic heterocycles. The number of fused-ring (bicyclic) bond motifs is 1. The fraction of sp³-hybridized carbons (Fsp3) is 0.556. The maximum Gasteiger partial charge on any atom is 0.270 e. The van der Waals surface area contributed by atoms with Gasteiger partial charge >= 0.3 is 0 Å². The molecule has 6 rings (SSSR count). The fourth-order valence-corrected chi connectivity index (χ4v) is 5.92. The number of piperidine rings is 1. The number of aromatic nitrogens is 4. The van der Waals surface area contributed by atoms with Crippen LogP contribution < -0.4 is 10.6 Å². The predicted octanol–water partition coefficient (Wildman–Crippen LogP) is 4.00. The molecule has 1 saturated heterocycles. The van der Waals surface area contributed by atoms with Gasteiger partial charge in [-0.25, -0.2) is 13.8 Å². The Bertz CT molecular complexity index is 1310. The highest BCUT2D eigenvalue weighted by Gasteiger charge is 2.47. The first-order valence-corrected chi connectivity index (χ1v) is 13.3. The standard InChI is InChI=1S/C27H32F2N6O2/c1-2-35-21(9-10-31-35)26(37)34-23(22(16-4-5-16)17-6-7-17)24-32-19-8-3-15(12-20(19)33-24)11-18-13-27(28,29)14-30-25(18)36/h3,8-10,12,16-18,22-23H,2,4-7,11,13-14H2,1H3,(H,30,36)(H,32,33)(H,34,37)/t18-,23+/m1/s1. The Morgan fingerprint density at radius 3 is 2.68 bits per heavy atom. The zero-order valence-electron chi connectivity index (χ0n) is 20.8. The highest BCUT2D eigenvalue weighted by Crippen LogP contribution is 2.54. The molecular formula is C27H32F2N6O2. The minimum absolute atomic E-state index is 0.166. The van der Waals surface area contributed by atoms with Crippen molar-refractivity contribution in [3.8, 4) is 0 Å². The molecule has 3 heterocycles. The summed E-state index contributed by atoms with van der Waals surface area (Å²) in [6.07, 6.45) is 6.09. The Kier molecular flexibility index (Phi) is 6.00. The third kappa shape index (κ3) is 4.98. The van der Waals surface area contributed by atoms with E-state index in [-0.39, 0.29) is 24.3 Å². The molecule has 3 aromatic rings. The van der Waals surface area contributed by atoms with E-state index in [0.717, 1.165) is 16.6 Å². The minimum Gasteiger partial charge on any atom is -0.350 e. The number of nitrogens with zero attached hydrogens (tertiary/aromatic N) is 3. The van der Waals surface area contributed by atoms with Crippen molar-refractivity contribution in [3.63, 3.8) is 0 Å². The summed E-state index contributed by atoms with van der Waals surface area (Å²) in [5.74, 6) is -1.98. The van der Waals surface area contributed by atoms with Crippen LogP contribution in [0.1, 0.15) is 66.9 Å². The van der Waals surface area contributed by atoms with E-state index < -0.39 is 24.8 Å². The van der Waals surface area contributed by atoms with Gasteiger partial charge in [0.05, 0.1) is 23.6 Å². The van der Waals surface area contributed by atoms with E-state index in [1.165, 1.54) is 25.7 Å². The number of alkyl halides is 2. The number of halogens is 2. The van der Waals surface area contributed by atoms with Gasteiger partial charge in [0.2, 0.25) is 5.91 Å². The molecule has 2 atom stereocenters. The predicted molar refractivity (Wildman–Crippen MR) is 133 cm³/mol. The van der Waals surface area contributed by atoms with Gasteiger partial charge < -0.3 is 15.6 Å². The zero-order valence-corrected chi connectivity index (χ0v) is 20.8. The van der Waals surface area contributed by atoms with E-state index in [9.17, 15) is 18.4 Å². The van der Waals surface area contributed by atoms with Crippen molar-refractivity contribution < 1.29 is 18.4 Å². The van der Waals surface area contributed by atoms with Crippen molar-refractivity contribution in [3.05, 3.63) is 47.5 Å². The van der Waals surface area contributed by atoms with Crippen LogP contribution in [0.2, 0.25) is 0 Å². The summed E-state index contributed by atoms with van der Waals surface area (Å²) in [6, 6.07) is 7.07. The number of nitrogens with one attached hydrogen (secondary N) is 3. The number of imidazole rings is 1. The SMILES string of the molecule is CCn1nccc1C(=O)N[C@H](c1nc2ccc(C[C@@H]3CC(F)(F)CNC3=O)cc2[nH]1)C(C1CC1)C1CC1. The molecule has 2 aliphatic carbocycles. The first kappa shape index (κ1) is 24.1. The average Bonchev–Trinajstić information content (AvgIpc) is 3.79. The minimum atomic E-state index is -2.89. The van der Waals surface area contributed by atoms with Crippen LogP contribution in [0.3, 0.4) is 0 Å². The second kappa shape index (κ2) is 9.22. The first-order valence-electron chi connectivity index (χ1n) is 13.3. The van der Waals surface area contributed by atoms with Crippen LogP contribution >= 0.6 is 0 Å². The Morgan fingerprint density at radius 2 is 1.97 bits per heavy atom. The number of amides is 2. The number of carbonyl (C=O) groups excluding carboxylic acids is 2. The number of aryl methyl sites for hydroxylation is 1. The Balaban J connectivity index is 1.28. The molecule has 0 radical (unpaired) electrons. The van der Waals surface area contributed by atoms with Crippen LogP contribution in [0.25, 0.3) is 11.0 Å². The summed E-state index contributed by atoms with van der Waals surface area (Å²) in [7, 11) is 0. The highest BCUT2D eigenvalue weighted by atomic mass is 19.3. The van der Waals surface area contributed by atoms with Crippen molar-refractivity contribution in [2.45, 2.75) is 64.0 Å². The van der Waals surface area contributed by atoms with Crippen molar-refractivity contribution in [2.75, 3.05) is 6.54 Å². The maximum absolute atomic E-state index is 13.9. The lowest BCUT2D eigenvalue weighted by atomic mass is 9.88. The molecule has 37 heavy (non-hydrogen) atoms. The van der Waals surface area contributed by atoms with Crippen LogP contribution in [0.5, 0.6) is 0 Å². The summed E-state index contributed by atoms with van der Waals surface area (Å²) in [4.78, 5) is 33.8. The van der Waals surface area contributed by atoms with E-state index in [1.807, 2.05) is 25.1 Å². The molecule has 3 fully saturated rings. The molecule has 2 saturated carbocycles. The molecule has 0 unspecified atom stereocenters. The van der Waals surface area contributed by atoms with E-state index in [4.69, 9.17) is 4.98 Å². The Hall–Kier alpha value is -3.30. The van der Waals surface area contributed by atoms with Gasteiger partial charge in [0, 0.05) is 25.1 Å². The first-order chi connectivity index (χ1) is 17.8. The molecule has 8 nitrogen and oxygen atoms in total. The van der Waals surface area contributed by atoms with Gasteiger partial charge in [-0.15, -0.1) is 0 Å². The summed E-state index contributed by atoms with van der Waals surface area (Å²) in [5, 5.41) is 9.85. The number of hydrogen-bond acceptors (Lipinski definition) is 4. The lowest BCUT2D eigenvalue weighted by Gasteiger charge is -2.28. The number of rotatable bonds is 9. The van der Waals surface area contributed by atoms with Gasteiger partial charge in [-0.3, -0.25) is 14.3 Å². The molecule has 3 aliphatic rings. The summed E-state index contributed by atoms with van der Waals surface area (Å²) < 4.78 is 29.4. The molecule has 2 aromatic heterocycles. The topological polar surface area (TPSA) is 105 Å². The molecule has 0 spiro atoms. The van der Waals surface area contributed by atoms with Crippen molar-refractivity contribution >= 4 is 22.8 Å². The molecule has 1 aromatic carbocycles. The van der Waals surface area contributed by atoms with Crippen LogP contribution in [-0.4, -0.2) is 44.0 Å². The monoisotopic (exact) mass is 510 g/mol.